The van der Waals surface area contributed by atoms with Gasteiger partial charge in [0.05, 0.1) is 45.2 Å². The molecule has 0 aromatic heterocycles. The quantitative estimate of drug-likeness (QED) is 0.0412. The maximum absolute atomic E-state index is 12.4. The first kappa shape index (κ1) is 39.5. The van der Waals surface area contributed by atoms with Crippen LogP contribution >= 0.6 is 0 Å². The summed E-state index contributed by atoms with van der Waals surface area (Å²) in [6.45, 7) is 0. The molecule has 0 saturated heterocycles. The number of azo groups is 4. The predicted molar refractivity (Wildman–Crippen MR) is 210 cm³/mol. The second-order valence-electron chi connectivity index (χ2n) is 11.3. The molecule has 0 aliphatic carbocycles. The minimum absolute atomic E-state index is 0.0215. The number of aromatic hydroxyl groups is 1. The van der Waals surface area contributed by atoms with Crippen molar-refractivity contribution in [3.05, 3.63) is 103 Å². The molecule has 56 heavy (non-hydrogen) atoms. The summed E-state index contributed by atoms with van der Waals surface area (Å²) in [7, 11) is -7.93. The number of rotatable bonds is 9. The van der Waals surface area contributed by atoms with Gasteiger partial charge in [0.25, 0.3) is 10.1 Å². The van der Waals surface area contributed by atoms with E-state index in [-0.39, 0.29) is 22.1 Å². The molecule has 0 unspecified atom stereocenters. The second-order valence-corrected chi connectivity index (χ2v) is 13.1. The number of benzene rings is 6. The molecule has 0 saturated carbocycles. The molecule has 20 nitrogen and oxygen atoms in total. The summed E-state index contributed by atoms with van der Waals surface area (Å²) >= 11 is 0. The lowest BCUT2D eigenvalue weighted by Crippen LogP contribution is -2.01. The topological polar surface area (TPSA) is 355 Å². The molecule has 6 aromatic carbocycles. The largest absolute Gasteiger partial charge is 0.505 e. The molecule has 6 rings (SSSR count). The number of phenols is 1. The smallest absolute Gasteiger partial charge is 0.425 e. The Morgan fingerprint density at radius 1 is 0.500 bits per heavy atom. The van der Waals surface area contributed by atoms with Crippen molar-refractivity contribution in [3.63, 3.8) is 0 Å². The van der Waals surface area contributed by atoms with Crippen LogP contribution in [0.3, 0.4) is 0 Å². The average Bonchev–Trinajstić information content (AvgIpc) is 3.13. The molecule has 0 aliphatic heterocycles. The van der Waals surface area contributed by atoms with E-state index in [1.807, 2.05) is 0 Å². The molecule has 0 spiro atoms. The second kappa shape index (κ2) is 17.0. The van der Waals surface area contributed by atoms with Crippen molar-refractivity contribution in [2.75, 3.05) is 28.7 Å². The summed E-state index contributed by atoms with van der Waals surface area (Å²) in [6.07, 6.45) is 0. The number of nitrogen functional groups attached to an aromatic ring is 5. The van der Waals surface area contributed by atoms with Crippen molar-refractivity contribution in [2.45, 2.75) is 4.90 Å². The molecule has 0 atom stereocenters. The van der Waals surface area contributed by atoms with E-state index in [4.69, 9.17) is 41.3 Å². The molecule has 0 aliphatic rings. The number of fused-ring (bicyclic) bond motifs is 1. The summed E-state index contributed by atoms with van der Waals surface area (Å²) in [4.78, 5) is -0.613. The Morgan fingerprint density at radius 2 is 0.875 bits per heavy atom. The van der Waals surface area contributed by atoms with Crippen molar-refractivity contribution in [2.24, 2.45) is 40.9 Å². The summed E-state index contributed by atoms with van der Waals surface area (Å²) in [5, 5.41) is 44.4. The Bertz CT molecular complexity index is 2790. The first-order chi connectivity index (χ1) is 26.6. The van der Waals surface area contributed by atoms with Crippen LogP contribution in [0.15, 0.2) is 149 Å². The van der Waals surface area contributed by atoms with Gasteiger partial charge in [0, 0.05) is 11.4 Å². The van der Waals surface area contributed by atoms with Crippen LogP contribution in [0.1, 0.15) is 0 Å². The molecular formula is C34H29N13O7S2. The van der Waals surface area contributed by atoms with Crippen LogP contribution in [0.4, 0.5) is 73.9 Å². The van der Waals surface area contributed by atoms with Gasteiger partial charge in [0.2, 0.25) is 0 Å². The standard InChI is InChI=1S/C34H29N13O4S.O3S/c35-19-2-13-27(25(37)16-19)44-40-21-4-6-23(7-5-21)42-46-29-12-1-18-15-30(52(49,50)51)33(32(39)31(18)34(29)48)47-43-24-10-8-22(9-11-24)41-45-28-14-3-20(36)17-26(28)38;1-4(2)3/h1-17,48H,35-39H2,(H,49,50,51);. The van der Waals surface area contributed by atoms with E-state index >= 15 is 0 Å². The summed E-state index contributed by atoms with van der Waals surface area (Å²) in [5.74, 6) is -0.403. The average molecular weight is 796 g/mol. The van der Waals surface area contributed by atoms with Crippen molar-refractivity contribution < 1.29 is 30.7 Å². The highest BCUT2D eigenvalue weighted by molar-refractivity contribution is 7.86. The maximum atomic E-state index is 12.4. The lowest BCUT2D eigenvalue weighted by atomic mass is 10.1. The zero-order valence-electron chi connectivity index (χ0n) is 28.5. The lowest BCUT2D eigenvalue weighted by Gasteiger charge is -2.12. The number of hydrogen-bond acceptors (Lipinski definition) is 19. The molecule has 0 fully saturated rings. The summed E-state index contributed by atoms with van der Waals surface area (Å²) in [5.41, 5.74) is 33.4. The van der Waals surface area contributed by atoms with E-state index in [1.54, 1.807) is 84.9 Å². The van der Waals surface area contributed by atoms with Crippen LogP contribution < -0.4 is 28.7 Å². The third-order valence-corrected chi connectivity index (χ3v) is 8.27. The van der Waals surface area contributed by atoms with Crippen LogP contribution in [-0.4, -0.2) is 30.7 Å². The van der Waals surface area contributed by atoms with Gasteiger partial charge in [0.1, 0.15) is 27.6 Å². The Labute approximate surface area is 318 Å². The Hall–Kier alpha value is -7.69. The molecule has 0 amide bonds. The molecule has 0 bridgehead atoms. The first-order valence-electron chi connectivity index (χ1n) is 15.6. The fraction of sp³-hybridized carbons (Fsp3) is 0. The molecule has 6 aromatic rings. The zero-order chi connectivity index (χ0) is 40.6. The van der Waals surface area contributed by atoms with Crippen LogP contribution in [0.2, 0.25) is 0 Å². The highest BCUT2D eigenvalue weighted by Crippen LogP contribution is 2.45. The molecule has 22 heteroatoms. The predicted octanol–water partition coefficient (Wildman–Crippen LogP) is 8.36. The Kier molecular flexibility index (Phi) is 12.0. The van der Waals surface area contributed by atoms with Gasteiger partial charge in [-0.3, -0.25) is 4.55 Å². The molecule has 284 valence electrons. The number of phenolic OH excluding ortho intramolecular Hbond substituents is 1. The molecular weight excluding hydrogens is 767 g/mol. The van der Waals surface area contributed by atoms with E-state index in [0.29, 0.717) is 56.9 Å². The van der Waals surface area contributed by atoms with Gasteiger partial charge in [0.15, 0.2) is 5.75 Å². The number of nitrogens with two attached hydrogens (primary N) is 5. The van der Waals surface area contributed by atoms with Crippen LogP contribution in [0, 0.1) is 0 Å². The Balaban J connectivity index is 0.00000143. The monoisotopic (exact) mass is 795 g/mol. The van der Waals surface area contributed by atoms with E-state index in [2.05, 4.69) is 40.9 Å². The molecule has 0 heterocycles. The minimum atomic E-state index is -4.82. The van der Waals surface area contributed by atoms with E-state index in [1.165, 1.54) is 12.1 Å². The van der Waals surface area contributed by atoms with E-state index in [9.17, 15) is 18.1 Å². The number of hydrogen-bond donors (Lipinski definition) is 7. The van der Waals surface area contributed by atoms with Gasteiger partial charge in [-0.05, 0) is 102 Å². The van der Waals surface area contributed by atoms with E-state index in [0.717, 1.165) is 6.07 Å². The van der Waals surface area contributed by atoms with Crippen LogP contribution in [0.25, 0.3) is 10.8 Å². The molecule has 0 radical (unpaired) electrons. The highest BCUT2D eigenvalue weighted by atomic mass is 32.2. The lowest BCUT2D eigenvalue weighted by molar-refractivity contribution is 0.481. The maximum Gasteiger partial charge on any atom is 0.425 e. The fourth-order valence-corrected chi connectivity index (χ4v) is 5.45. The minimum Gasteiger partial charge on any atom is -0.505 e. The third kappa shape index (κ3) is 10.0. The van der Waals surface area contributed by atoms with Gasteiger partial charge < -0.3 is 33.8 Å². The van der Waals surface area contributed by atoms with Crippen molar-refractivity contribution >= 4 is 105 Å². The number of nitrogens with zero attached hydrogens (tertiary/aromatic N) is 8. The van der Waals surface area contributed by atoms with Gasteiger partial charge in [-0.15, -0.1) is 33.1 Å². The first-order valence-corrected chi connectivity index (χ1v) is 18.0. The SMILES string of the molecule is Nc1ccc(N=Nc2ccc(N=Nc3ccc4cc(S(=O)(=O)O)c(N=Nc5ccc(N=Nc6ccc(N)cc6N)cc5)c(N)c4c3O)cc2)c(N)c1.O=S(=O)=O. The summed E-state index contributed by atoms with van der Waals surface area (Å²) < 4.78 is 60.0. The fourth-order valence-electron chi connectivity index (χ4n) is 4.78. The van der Waals surface area contributed by atoms with Crippen molar-refractivity contribution in [3.8, 4) is 5.75 Å². The highest BCUT2D eigenvalue weighted by Gasteiger charge is 2.23. The third-order valence-electron chi connectivity index (χ3n) is 7.40. The van der Waals surface area contributed by atoms with Crippen molar-refractivity contribution in [1.29, 1.82) is 0 Å². The van der Waals surface area contributed by atoms with Crippen LogP contribution in [-0.2, 0) is 20.7 Å². The van der Waals surface area contributed by atoms with Crippen molar-refractivity contribution in [1.82, 2.24) is 0 Å². The normalized spacial score (nSPS) is 11.8. The van der Waals surface area contributed by atoms with Gasteiger partial charge in [-0.25, -0.2) is 0 Å². The van der Waals surface area contributed by atoms with Gasteiger partial charge >= 0.3 is 10.6 Å². The molecule has 12 N–H and O–H groups in total. The van der Waals surface area contributed by atoms with Crippen LogP contribution in [0.5, 0.6) is 5.75 Å². The summed E-state index contributed by atoms with van der Waals surface area (Å²) in [6, 6.07) is 26.7. The van der Waals surface area contributed by atoms with Gasteiger partial charge in [-0.1, -0.05) is 6.07 Å². The zero-order valence-corrected chi connectivity index (χ0v) is 30.2. The number of anilines is 5. The Morgan fingerprint density at radius 3 is 1.27 bits per heavy atom. The van der Waals surface area contributed by atoms with E-state index < -0.39 is 37.1 Å². The van der Waals surface area contributed by atoms with Gasteiger partial charge in [-0.2, -0.15) is 28.9 Å².